The fourth-order valence-corrected chi connectivity index (χ4v) is 4.52. The number of rotatable bonds is 4. The van der Waals surface area contributed by atoms with Gasteiger partial charge in [0.15, 0.2) is 0 Å². The second-order valence-electron chi connectivity index (χ2n) is 4.30. The van der Waals surface area contributed by atoms with Gasteiger partial charge in [-0.1, -0.05) is 34.5 Å². The zero-order chi connectivity index (χ0) is 14.0. The van der Waals surface area contributed by atoms with Crippen LogP contribution in [0.3, 0.4) is 0 Å². The van der Waals surface area contributed by atoms with Crippen LogP contribution in [0.4, 0.5) is 0 Å². The van der Waals surface area contributed by atoms with Crippen molar-refractivity contribution in [2.45, 2.75) is 19.9 Å². The smallest absolute Gasteiger partial charge is 0.0731 e. The first-order chi connectivity index (χ1) is 9.01. The van der Waals surface area contributed by atoms with Crippen molar-refractivity contribution in [1.29, 1.82) is 0 Å². The fourth-order valence-electron chi connectivity index (χ4n) is 1.95. The quantitative estimate of drug-likeness (QED) is 0.642. The largest absolute Gasteiger partial charge is 0.306 e. The third-order valence-corrected chi connectivity index (χ3v) is 5.66. The number of benzene rings is 1. The first-order valence-electron chi connectivity index (χ1n) is 5.96. The van der Waals surface area contributed by atoms with Crippen molar-refractivity contribution in [3.8, 4) is 0 Å². The average Bonchev–Trinajstić information content (AvgIpc) is 2.65. The first-order valence-corrected chi connectivity index (χ1v) is 8.74. The fraction of sp³-hybridized carbons (Fsp3) is 0.286. The highest BCUT2D eigenvalue weighted by atomic mass is 79.9. The second-order valence-corrected chi connectivity index (χ2v) is 8.05. The van der Waals surface area contributed by atoms with Crippen LogP contribution in [-0.2, 0) is 0 Å². The monoisotopic (exact) mass is 421 g/mol. The number of hydrogen-bond donors (Lipinski definition) is 1. The molecule has 1 aromatic carbocycles. The molecule has 0 bridgehead atoms. The van der Waals surface area contributed by atoms with Gasteiger partial charge in [0, 0.05) is 14.4 Å². The molecule has 1 heterocycles. The highest BCUT2D eigenvalue weighted by Crippen LogP contribution is 2.35. The summed E-state index contributed by atoms with van der Waals surface area (Å²) in [5.74, 6) is 0. The lowest BCUT2D eigenvalue weighted by Crippen LogP contribution is -2.21. The van der Waals surface area contributed by atoms with Gasteiger partial charge < -0.3 is 5.32 Å². The Labute approximate surface area is 139 Å². The molecule has 1 N–H and O–H groups in total. The Bertz CT molecular complexity index is 543. The maximum Gasteiger partial charge on any atom is 0.0731 e. The highest BCUT2D eigenvalue weighted by molar-refractivity contribution is 9.11. The Morgan fingerprint density at radius 1 is 1.26 bits per heavy atom. The summed E-state index contributed by atoms with van der Waals surface area (Å²) < 4.78 is 2.19. The lowest BCUT2D eigenvalue weighted by Gasteiger charge is -2.17. The topological polar surface area (TPSA) is 12.0 Å². The molecule has 1 unspecified atom stereocenters. The zero-order valence-electron chi connectivity index (χ0n) is 10.6. The van der Waals surface area contributed by atoms with Gasteiger partial charge in [-0.05, 0) is 64.8 Å². The first kappa shape index (κ1) is 15.5. The van der Waals surface area contributed by atoms with Gasteiger partial charge >= 0.3 is 0 Å². The molecule has 19 heavy (non-hydrogen) atoms. The van der Waals surface area contributed by atoms with Gasteiger partial charge in [0.2, 0.25) is 0 Å². The predicted molar refractivity (Wildman–Crippen MR) is 91.4 cm³/mol. The van der Waals surface area contributed by atoms with E-state index >= 15 is 0 Å². The molecular weight excluding hydrogens is 409 g/mol. The minimum absolute atomic E-state index is 0.176. The second kappa shape index (κ2) is 6.72. The van der Waals surface area contributed by atoms with E-state index in [0.29, 0.717) is 0 Å². The van der Waals surface area contributed by atoms with E-state index in [-0.39, 0.29) is 6.04 Å². The SMILES string of the molecule is CCNC(c1cc(Cl)cc(Br)c1)c1cc(C)c(Br)s1. The minimum atomic E-state index is 0.176. The maximum absolute atomic E-state index is 6.15. The molecule has 2 aromatic rings. The molecule has 102 valence electrons. The Balaban J connectivity index is 2.44. The van der Waals surface area contributed by atoms with Crippen LogP contribution in [0.2, 0.25) is 5.02 Å². The molecular formula is C14H14Br2ClNS. The molecule has 2 rings (SSSR count). The minimum Gasteiger partial charge on any atom is -0.306 e. The molecule has 5 heteroatoms. The van der Waals surface area contributed by atoms with Crippen molar-refractivity contribution in [1.82, 2.24) is 5.32 Å². The number of thiophene rings is 1. The van der Waals surface area contributed by atoms with Gasteiger partial charge in [-0.25, -0.2) is 0 Å². The van der Waals surface area contributed by atoms with Gasteiger partial charge in [-0.15, -0.1) is 11.3 Å². The van der Waals surface area contributed by atoms with Crippen LogP contribution in [-0.4, -0.2) is 6.54 Å². The lowest BCUT2D eigenvalue weighted by atomic mass is 10.0. The molecule has 0 saturated heterocycles. The summed E-state index contributed by atoms with van der Waals surface area (Å²) in [4.78, 5) is 1.29. The summed E-state index contributed by atoms with van der Waals surface area (Å²) in [6, 6.07) is 8.43. The molecule has 0 spiro atoms. The third kappa shape index (κ3) is 3.82. The van der Waals surface area contributed by atoms with Crippen molar-refractivity contribution in [2.75, 3.05) is 6.54 Å². The number of nitrogens with one attached hydrogen (secondary N) is 1. The number of halogens is 3. The predicted octanol–water partition coefficient (Wildman–Crippen LogP) is 5.93. The van der Waals surface area contributed by atoms with Crippen LogP contribution in [0.15, 0.2) is 32.5 Å². The Morgan fingerprint density at radius 3 is 2.53 bits per heavy atom. The third-order valence-electron chi connectivity index (χ3n) is 2.79. The standard InChI is InChI=1S/C14H14Br2ClNS/c1-3-18-13(12-4-8(2)14(16)19-12)9-5-10(15)7-11(17)6-9/h4-7,13,18H,3H2,1-2H3. The van der Waals surface area contributed by atoms with Gasteiger partial charge in [0.05, 0.1) is 9.83 Å². The molecule has 0 amide bonds. The van der Waals surface area contributed by atoms with Crippen LogP contribution in [0.25, 0.3) is 0 Å². The van der Waals surface area contributed by atoms with E-state index in [9.17, 15) is 0 Å². The molecule has 0 saturated carbocycles. The number of hydrogen-bond acceptors (Lipinski definition) is 2. The summed E-state index contributed by atoms with van der Waals surface area (Å²) >= 11 is 15.0. The number of aryl methyl sites for hydroxylation is 1. The van der Waals surface area contributed by atoms with E-state index in [1.807, 2.05) is 12.1 Å². The van der Waals surface area contributed by atoms with Crippen molar-refractivity contribution in [2.24, 2.45) is 0 Å². The van der Waals surface area contributed by atoms with Crippen LogP contribution in [0, 0.1) is 6.92 Å². The molecule has 0 aliphatic carbocycles. The van der Waals surface area contributed by atoms with Gasteiger partial charge in [0.1, 0.15) is 0 Å². The molecule has 1 nitrogen and oxygen atoms in total. The highest BCUT2D eigenvalue weighted by Gasteiger charge is 2.17. The summed E-state index contributed by atoms with van der Waals surface area (Å²) in [7, 11) is 0. The molecule has 1 aromatic heterocycles. The zero-order valence-corrected chi connectivity index (χ0v) is 15.4. The van der Waals surface area contributed by atoms with Crippen molar-refractivity contribution in [3.63, 3.8) is 0 Å². The van der Waals surface area contributed by atoms with Gasteiger partial charge in [-0.2, -0.15) is 0 Å². The molecule has 0 aliphatic heterocycles. The Morgan fingerprint density at radius 2 is 2.00 bits per heavy atom. The van der Waals surface area contributed by atoms with E-state index in [4.69, 9.17) is 11.6 Å². The van der Waals surface area contributed by atoms with E-state index in [0.717, 1.165) is 16.0 Å². The van der Waals surface area contributed by atoms with Gasteiger partial charge in [-0.3, -0.25) is 0 Å². The molecule has 0 radical (unpaired) electrons. The molecule has 0 fully saturated rings. The van der Waals surface area contributed by atoms with E-state index < -0.39 is 0 Å². The van der Waals surface area contributed by atoms with Crippen LogP contribution in [0.5, 0.6) is 0 Å². The van der Waals surface area contributed by atoms with Crippen molar-refractivity contribution in [3.05, 3.63) is 53.6 Å². The van der Waals surface area contributed by atoms with Gasteiger partial charge in [0.25, 0.3) is 0 Å². The Kier molecular flexibility index (Phi) is 5.49. The molecule has 1 atom stereocenters. The summed E-state index contributed by atoms with van der Waals surface area (Å²) in [5, 5.41) is 4.27. The summed E-state index contributed by atoms with van der Waals surface area (Å²) in [6.45, 7) is 5.13. The van der Waals surface area contributed by atoms with Crippen LogP contribution >= 0.6 is 54.8 Å². The maximum atomic E-state index is 6.15. The van der Waals surface area contributed by atoms with E-state index in [1.54, 1.807) is 11.3 Å². The molecule has 0 aliphatic rings. The van der Waals surface area contributed by atoms with Crippen molar-refractivity contribution >= 4 is 54.8 Å². The Hall–Kier alpha value is 0.130. The van der Waals surface area contributed by atoms with Crippen molar-refractivity contribution < 1.29 is 0 Å². The van der Waals surface area contributed by atoms with E-state index in [1.165, 1.54) is 19.8 Å². The van der Waals surface area contributed by atoms with Crippen LogP contribution in [0.1, 0.15) is 29.0 Å². The summed E-state index contributed by atoms with van der Waals surface area (Å²) in [5.41, 5.74) is 2.44. The van der Waals surface area contributed by atoms with Crippen LogP contribution < -0.4 is 5.32 Å². The normalized spacial score (nSPS) is 12.7. The average molecular weight is 424 g/mol. The lowest BCUT2D eigenvalue weighted by molar-refractivity contribution is 0.639. The summed E-state index contributed by atoms with van der Waals surface area (Å²) in [6.07, 6.45) is 0. The van der Waals surface area contributed by atoms with E-state index in [2.05, 4.69) is 63.2 Å².